The van der Waals surface area contributed by atoms with Crippen molar-refractivity contribution < 1.29 is 14.3 Å². The van der Waals surface area contributed by atoms with Crippen molar-refractivity contribution >= 4 is 5.97 Å². The zero-order valence-corrected chi connectivity index (χ0v) is 11.4. The highest BCUT2D eigenvalue weighted by atomic mass is 16.5. The molecule has 1 fully saturated rings. The zero-order chi connectivity index (χ0) is 12.7. The normalized spacial score (nSPS) is 21.8. The molecule has 1 heterocycles. The maximum absolute atomic E-state index is 11.8. The predicted octanol–water partition coefficient (Wildman–Crippen LogP) is 3.31. The maximum atomic E-state index is 11.8. The fourth-order valence-corrected chi connectivity index (χ4v) is 2.27. The largest absolute Gasteiger partial charge is 0.462 e. The highest BCUT2D eigenvalue weighted by Crippen LogP contribution is 2.19. The standard InChI is InChI=1S/C14H26O3/c1-4-12(5-2)14(15)17-11(3)8-9-13-7-6-10-16-13/h11-13H,4-10H2,1-3H3/t11-,13+/m1/s1. The lowest BCUT2D eigenvalue weighted by Crippen LogP contribution is -2.23. The van der Waals surface area contributed by atoms with Gasteiger partial charge in [0.2, 0.25) is 0 Å². The fraction of sp³-hybridized carbons (Fsp3) is 0.929. The van der Waals surface area contributed by atoms with Crippen LogP contribution in [-0.4, -0.2) is 24.8 Å². The molecule has 1 aliphatic rings. The maximum Gasteiger partial charge on any atom is 0.309 e. The van der Waals surface area contributed by atoms with Gasteiger partial charge >= 0.3 is 5.97 Å². The van der Waals surface area contributed by atoms with Crippen LogP contribution in [0.15, 0.2) is 0 Å². The van der Waals surface area contributed by atoms with Crippen LogP contribution < -0.4 is 0 Å². The molecule has 3 nitrogen and oxygen atoms in total. The number of ether oxygens (including phenoxy) is 2. The predicted molar refractivity (Wildman–Crippen MR) is 67.8 cm³/mol. The molecular weight excluding hydrogens is 216 g/mol. The molecule has 1 rings (SSSR count). The molecule has 0 aromatic rings. The molecule has 17 heavy (non-hydrogen) atoms. The van der Waals surface area contributed by atoms with Gasteiger partial charge in [-0.2, -0.15) is 0 Å². The van der Waals surface area contributed by atoms with Crippen LogP contribution in [0.5, 0.6) is 0 Å². The van der Waals surface area contributed by atoms with Crippen LogP contribution in [0.3, 0.4) is 0 Å². The van der Waals surface area contributed by atoms with Crippen molar-refractivity contribution in [3.63, 3.8) is 0 Å². The summed E-state index contributed by atoms with van der Waals surface area (Å²) in [7, 11) is 0. The molecule has 0 spiro atoms. The van der Waals surface area contributed by atoms with Gasteiger partial charge in [0.25, 0.3) is 0 Å². The molecule has 0 bridgehead atoms. The van der Waals surface area contributed by atoms with E-state index in [0.29, 0.717) is 6.10 Å². The molecule has 1 aliphatic heterocycles. The SMILES string of the molecule is CCC(CC)C(=O)O[C@H](C)CC[C@@H]1CCCO1. The molecule has 1 saturated heterocycles. The van der Waals surface area contributed by atoms with Gasteiger partial charge in [-0.15, -0.1) is 0 Å². The summed E-state index contributed by atoms with van der Waals surface area (Å²) < 4.78 is 11.0. The summed E-state index contributed by atoms with van der Waals surface area (Å²) in [5.41, 5.74) is 0. The highest BCUT2D eigenvalue weighted by Gasteiger charge is 2.20. The van der Waals surface area contributed by atoms with Crippen molar-refractivity contribution in [1.82, 2.24) is 0 Å². The van der Waals surface area contributed by atoms with Crippen LogP contribution in [0.2, 0.25) is 0 Å². The fourth-order valence-electron chi connectivity index (χ4n) is 2.27. The highest BCUT2D eigenvalue weighted by molar-refractivity contribution is 5.72. The van der Waals surface area contributed by atoms with E-state index >= 15 is 0 Å². The first-order chi connectivity index (χ1) is 8.17. The molecule has 2 atom stereocenters. The summed E-state index contributed by atoms with van der Waals surface area (Å²) in [6.07, 6.45) is 6.41. The molecule has 3 heteroatoms. The minimum Gasteiger partial charge on any atom is -0.462 e. The number of rotatable bonds is 7. The van der Waals surface area contributed by atoms with E-state index in [2.05, 4.69) is 0 Å². The third kappa shape index (κ3) is 5.07. The molecule has 0 aromatic carbocycles. The smallest absolute Gasteiger partial charge is 0.309 e. The van der Waals surface area contributed by atoms with Gasteiger partial charge in [-0.3, -0.25) is 4.79 Å². The van der Waals surface area contributed by atoms with E-state index < -0.39 is 0 Å². The first-order valence-electron chi connectivity index (χ1n) is 6.99. The third-order valence-corrected chi connectivity index (χ3v) is 3.56. The molecule has 0 N–H and O–H groups in total. The van der Waals surface area contributed by atoms with Gasteiger partial charge in [0.1, 0.15) is 0 Å². The first-order valence-corrected chi connectivity index (χ1v) is 6.99. The van der Waals surface area contributed by atoms with Crippen LogP contribution in [0.4, 0.5) is 0 Å². The van der Waals surface area contributed by atoms with E-state index in [4.69, 9.17) is 9.47 Å². The van der Waals surface area contributed by atoms with Gasteiger partial charge in [-0.1, -0.05) is 13.8 Å². The van der Waals surface area contributed by atoms with Crippen molar-refractivity contribution in [3.05, 3.63) is 0 Å². The van der Waals surface area contributed by atoms with E-state index in [0.717, 1.165) is 38.7 Å². The quantitative estimate of drug-likeness (QED) is 0.642. The number of esters is 1. The lowest BCUT2D eigenvalue weighted by atomic mass is 10.0. The number of carbonyl (C=O) groups is 1. The Hall–Kier alpha value is -0.570. The monoisotopic (exact) mass is 242 g/mol. The molecule has 0 amide bonds. The topological polar surface area (TPSA) is 35.5 Å². The summed E-state index contributed by atoms with van der Waals surface area (Å²) in [4.78, 5) is 11.8. The summed E-state index contributed by atoms with van der Waals surface area (Å²) >= 11 is 0. The van der Waals surface area contributed by atoms with Crippen molar-refractivity contribution in [1.29, 1.82) is 0 Å². The van der Waals surface area contributed by atoms with Gasteiger partial charge in [0.05, 0.1) is 18.1 Å². The van der Waals surface area contributed by atoms with Crippen molar-refractivity contribution in [3.8, 4) is 0 Å². The second-order valence-electron chi connectivity index (χ2n) is 4.97. The van der Waals surface area contributed by atoms with Crippen molar-refractivity contribution in [2.24, 2.45) is 5.92 Å². The Kier molecular flexibility index (Phi) is 6.56. The van der Waals surface area contributed by atoms with E-state index in [1.165, 1.54) is 6.42 Å². The van der Waals surface area contributed by atoms with E-state index in [-0.39, 0.29) is 18.0 Å². The average Bonchev–Trinajstić information content (AvgIpc) is 2.81. The third-order valence-electron chi connectivity index (χ3n) is 3.56. The molecule has 0 aromatic heterocycles. The Morgan fingerprint density at radius 3 is 2.65 bits per heavy atom. The van der Waals surface area contributed by atoms with Crippen LogP contribution >= 0.6 is 0 Å². The average molecular weight is 242 g/mol. The first kappa shape index (κ1) is 14.5. The molecule has 0 saturated carbocycles. The number of hydrogen-bond donors (Lipinski definition) is 0. The van der Waals surface area contributed by atoms with Crippen LogP contribution in [0.25, 0.3) is 0 Å². The van der Waals surface area contributed by atoms with Gasteiger partial charge < -0.3 is 9.47 Å². The van der Waals surface area contributed by atoms with E-state index in [9.17, 15) is 4.79 Å². The van der Waals surface area contributed by atoms with Crippen LogP contribution in [-0.2, 0) is 14.3 Å². The second kappa shape index (κ2) is 7.70. The van der Waals surface area contributed by atoms with Crippen LogP contribution in [0, 0.1) is 5.92 Å². The Morgan fingerprint density at radius 2 is 2.12 bits per heavy atom. The van der Waals surface area contributed by atoms with Crippen molar-refractivity contribution in [2.75, 3.05) is 6.61 Å². The Labute approximate surface area is 105 Å². The lowest BCUT2D eigenvalue weighted by Gasteiger charge is -2.18. The summed E-state index contributed by atoms with van der Waals surface area (Å²) in [6, 6.07) is 0. The Balaban J connectivity index is 2.18. The minimum atomic E-state index is -0.0326. The van der Waals surface area contributed by atoms with Crippen molar-refractivity contribution in [2.45, 2.75) is 71.5 Å². The second-order valence-corrected chi connectivity index (χ2v) is 4.97. The molecule has 100 valence electrons. The molecular formula is C14H26O3. The zero-order valence-electron chi connectivity index (χ0n) is 11.4. The Bertz CT molecular complexity index is 218. The Morgan fingerprint density at radius 1 is 1.41 bits per heavy atom. The summed E-state index contributed by atoms with van der Waals surface area (Å²) in [5, 5.41) is 0. The molecule has 0 radical (unpaired) electrons. The minimum absolute atomic E-state index is 0.0206. The van der Waals surface area contributed by atoms with Gasteiger partial charge in [-0.25, -0.2) is 0 Å². The summed E-state index contributed by atoms with van der Waals surface area (Å²) in [5.74, 6) is 0.0371. The molecule has 0 unspecified atom stereocenters. The number of hydrogen-bond acceptors (Lipinski definition) is 3. The van der Waals surface area contributed by atoms with Crippen LogP contribution in [0.1, 0.15) is 59.3 Å². The van der Waals surface area contributed by atoms with Gasteiger partial charge in [0, 0.05) is 6.61 Å². The van der Waals surface area contributed by atoms with E-state index in [1.54, 1.807) is 0 Å². The lowest BCUT2D eigenvalue weighted by molar-refractivity contribution is -0.154. The number of carbonyl (C=O) groups excluding carboxylic acids is 1. The van der Waals surface area contributed by atoms with E-state index in [1.807, 2.05) is 20.8 Å². The molecule has 0 aliphatic carbocycles. The summed E-state index contributed by atoms with van der Waals surface area (Å²) in [6.45, 7) is 6.95. The van der Waals surface area contributed by atoms with Gasteiger partial charge in [-0.05, 0) is 45.4 Å². The van der Waals surface area contributed by atoms with Gasteiger partial charge in [0.15, 0.2) is 0 Å².